The van der Waals surface area contributed by atoms with Crippen LogP contribution in [0.3, 0.4) is 0 Å². The van der Waals surface area contributed by atoms with Crippen LogP contribution < -0.4 is 15.7 Å². The van der Waals surface area contributed by atoms with Crippen LogP contribution in [-0.2, 0) is 0 Å². The van der Waals surface area contributed by atoms with Gasteiger partial charge in [0.05, 0.1) is 5.39 Å². The van der Waals surface area contributed by atoms with Crippen molar-refractivity contribution < 1.29 is 13.9 Å². The second-order valence-corrected chi connectivity index (χ2v) is 5.88. The van der Waals surface area contributed by atoms with Gasteiger partial charge in [0.2, 0.25) is 0 Å². The van der Waals surface area contributed by atoms with Crippen LogP contribution in [0.15, 0.2) is 94.1 Å². The summed E-state index contributed by atoms with van der Waals surface area (Å²) in [7, 11) is 0. The van der Waals surface area contributed by atoms with Crippen LogP contribution in [0.2, 0.25) is 0 Å². The van der Waals surface area contributed by atoms with Crippen LogP contribution in [0.1, 0.15) is 10.6 Å². The predicted molar refractivity (Wildman–Crippen MR) is 103 cm³/mol. The molecule has 0 saturated carbocycles. The first-order valence-electron chi connectivity index (χ1n) is 8.36. The van der Waals surface area contributed by atoms with Crippen LogP contribution in [0.4, 0.5) is 5.69 Å². The summed E-state index contributed by atoms with van der Waals surface area (Å²) in [5.74, 6) is 0.849. The van der Waals surface area contributed by atoms with Crippen LogP contribution >= 0.6 is 0 Å². The van der Waals surface area contributed by atoms with Gasteiger partial charge in [0, 0.05) is 5.69 Å². The Hall–Kier alpha value is -3.86. The largest absolute Gasteiger partial charge is 0.457 e. The summed E-state index contributed by atoms with van der Waals surface area (Å²) < 4.78 is 10.8. The summed E-state index contributed by atoms with van der Waals surface area (Å²) in [5.41, 5.74) is 0.0288. The average Bonchev–Trinajstić information content (AvgIpc) is 2.70. The third-order valence-electron chi connectivity index (χ3n) is 3.98. The van der Waals surface area contributed by atoms with E-state index in [2.05, 4.69) is 5.32 Å². The average molecular weight is 357 g/mol. The van der Waals surface area contributed by atoms with Crippen molar-refractivity contribution >= 4 is 22.4 Å². The minimum absolute atomic E-state index is 0.0386. The Morgan fingerprint density at radius 1 is 0.815 bits per heavy atom. The maximum Gasteiger partial charge on any atom is 0.344 e. The molecule has 4 aromatic rings. The molecule has 0 aliphatic heterocycles. The molecule has 27 heavy (non-hydrogen) atoms. The zero-order chi connectivity index (χ0) is 18.6. The highest BCUT2D eigenvalue weighted by atomic mass is 16.5. The van der Waals surface area contributed by atoms with Crippen molar-refractivity contribution in [2.75, 3.05) is 5.32 Å². The van der Waals surface area contributed by atoms with Crippen LogP contribution in [0, 0.1) is 0 Å². The van der Waals surface area contributed by atoms with Crippen LogP contribution in [0.25, 0.3) is 10.8 Å². The lowest BCUT2D eigenvalue weighted by molar-refractivity contribution is 0.0993. The van der Waals surface area contributed by atoms with Crippen molar-refractivity contribution in [3.63, 3.8) is 0 Å². The quantitative estimate of drug-likeness (QED) is 0.567. The van der Waals surface area contributed by atoms with E-state index in [1.807, 2.05) is 30.3 Å². The number of carbonyl (C=O) groups excluding carboxylic acids is 1. The third-order valence-corrected chi connectivity index (χ3v) is 3.98. The molecule has 5 heteroatoms. The van der Waals surface area contributed by atoms with E-state index < -0.39 is 11.5 Å². The normalized spacial score (nSPS) is 10.5. The van der Waals surface area contributed by atoms with Gasteiger partial charge in [-0.05, 0) is 53.9 Å². The van der Waals surface area contributed by atoms with Gasteiger partial charge < -0.3 is 14.5 Å². The highest BCUT2D eigenvalue weighted by Gasteiger charge is 2.12. The number of amides is 1. The van der Waals surface area contributed by atoms with Gasteiger partial charge in [0.1, 0.15) is 11.5 Å². The van der Waals surface area contributed by atoms with Gasteiger partial charge in [-0.3, -0.25) is 4.79 Å². The molecule has 132 valence electrons. The van der Waals surface area contributed by atoms with Crippen molar-refractivity contribution in [2.45, 2.75) is 0 Å². The second kappa shape index (κ2) is 7.17. The van der Waals surface area contributed by atoms with E-state index in [9.17, 15) is 9.59 Å². The summed E-state index contributed by atoms with van der Waals surface area (Å²) in [6, 6.07) is 24.9. The summed E-state index contributed by atoms with van der Waals surface area (Å²) in [6.45, 7) is 0. The molecule has 0 bridgehead atoms. The van der Waals surface area contributed by atoms with Gasteiger partial charge in [-0.15, -0.1) is 0 Å². The minimum atomic E-state index is -0.537. The molecular formula is C22H15NO4. The van der Waals surface area contributed by atoms with E-state index in [1.54, 1.807) is 54.6 Å². The number of nitrogens with one attached hydrogen (secondary N) is 1. The number of anilines is 1. The maximum absolute atomic E-state index is 12.4. The molecule has 0 radical (unpaired) electrons. The standard InChI is InChI=1S/C22H15NO4/c24-21(20-14-15-6-4-5-9-19(15)22(25)27-20)23-16-10-12-18(13-11-16)26-17-7-2-1-3-8-17/h1-14H,(H,23,24). The van der Waals surface area contributed by atoms with E-state index in [4.69, 9.17) is 9.15 Å². The van der Waals surface area contributed by atoms with E-state index in [1.165, 1.54) is 0 Å². The van der Waals surface area contributed by atoms with Crippen LogP contribution in [0.5, 0.6) is 11.5 Å². The van der Waals surface area contributed by atoms with E-state index in [0.29, 0.717) is 22.2 Å². The Balaban J connectivity index is 1.50. The van der Waals surface area contributed by atoms with Crippen LogP contribution in [-0.4, -0.2) is 5.91 Å². The number of hydrogen-bond acceptors (Lipinski definition) is 4. The minimum Gasteiger partial charge on any atom is -0.457 e. The monoisotopic (exact) mass is 357 g/mol. The van der Waals surface area contributed by atoms with Gasteiger partial charge in [-0.2, -0.15) is 0 Å². The molecule has 1 amide bonds. The first-order chi connectivity index (χ1) is 13.2. The van der Waals surface area contributed by atoms with Gasteiger partial charge in [0.25, 0.3) is 5.91 Å². The van der Waals surface area contributed by atoms with E-state index in [0.717, 1.165) is 5.75 Å². The lowest BCUT2D eigenvalue weighted by atomic mass is 10.1. The molecule has 4 rings (SSSR count). The number of para-hydroxylation sites is 1. The van der Waals surface area contributed by atoms with Crippen molar-refractivity contribution in [2.24, 2.45) is 0 Å². The Morgan fingerprint density at radius 2 is 1.48 bits per heavy atom. The Labute approximate surface area is 154 Å². The third kappa shape index (κ3) is 3.72. The summed E-state index contributed by atoms with van der Waals surface area (Å²) in [4.78, 5) is 24.4. The van der Waals surface area contributed by atoms with E-state index >= 15 is 0 Å². The molecule has 1 heterocycles. The van der Waals surface area contributed by atoms with E-state index in [-0.39, 0.29) is 5.76 Å². The SMILES string of the molecule is O=C(Nc1ccc(Oc2ccccc2)cc1)c1cc2ccccc2c(=O)o1. The molecule has 0 unspecified atom stereocenters. The topological polar surface area (TPSA) is 68.5 Å². The van der Waals surface area contributed by atoms with Crippen molar-refractivity contribution in [3.8, 4) is 11.5 Å². The fourth-order valence-corrected chi connectivity index (χ4v) is 2.67. The number of carbonyl (C=O) groups is 1. The number of benzene rings is 3. The van der Waals surface area contributed by atoms with Crippen molar-refractivity contribution in [1.29, 1.82) is 0 Å². The lowest BCUT2D eigenvalue weighted by Gasteiger charge is -2.08. The number of fused-ring (bicyclic) bond motifs is 1. The Bertz CT molecular complexity index is 1150. The molecule has 0 atom stereocenters. The van der Waals surface area contributed by atoms with Gasteiger partial charge >= 0.3 is 5.63 Å². The fourth-order valence-electron chi connectivity index (χ4n) is 2.67. The molecule has 1 N–H and O–H groups in total. The Kier molecular flexibility index (Phi) is 4.41. The molecule has 0 saturated heterocycles. The first-order valence-corrected chi connectivity index (χ1v) is 8.36. The van der Waals surface area contributed by atoms with Gasteiger partial charge in [-0.25, -0.2) is 4.79 Å². The molecule has 0 spiro atoms. The molecule has 5 nitrogen and oxygen atoms in total. The molecule has 0 aliphatic rings. The number of ether oxygens (including phenoxy) is 1. The first kappa shape index (κ1) is 16.6. The highest BCUT2D eigenvalue weighted by molar-refractivity contribution is 6.03. The summed E-state index contributed by atoms with van der Waals surface area (Å²) in [6.07, 6.45) is 0. The smallest absolute Gasteiger partial charge is 0.344 e. The van der Waals surface area contributed by atoms with Gasteiger partial charge in [0.15, 0.2) is 5.76 Å². The molecule has 3 aromatic carbocycles. The number of rotatable bonds is 4. The van der Waals surface area contributed by atoms with Gasteiger partial charge in [-0.1, -0.05) is 36.4 Å². The molecule has 0 aliphatic carbocycles. The zero-order valence-electron chi connectivity index (χ0n) is 14.2. The summed E-state index contributed by atoms with van der Waals surface area (Å²) in [5, 5.41) is 3.81. The van der Waals surface area contributed by atoms with Crippen molar-refractivity contribution in [1.82, 2.24) is 0 Å². The lowest BCUT2D eigenvalue weighted by Crippen LogP contribution is -2.14. The molecule has 1 aromatic heterocycles. The maximum atomic E-state index is 12.4. The Morgan fingerprint density at radius 3 is 2.26 bits per heavy atom. The highest BCUT2D eigenvalue weighted by Crippen LogP contribution is 2.23. The summed E-state index contributed by atoms with van der Waals surface area (Å²) >= 11 is 0. The number of hydrogen-bond donors (Lipinski definition) is 1. The predicted octanol–water partition coefficient (Wildman–Crippen LogP) is 4.84. The second-order valence-electron chi connectivity index (χ2n) is 5.88. The zero-order valence-corrected chi connectivity index (χ0v) is 14.2. The molecule has 0 fully saturated rings. The molecular weight excluding hydrogens is 342 g/mol. The fraction of sp³-hybridized carbons (Fsp3) is 0. The van der Waals surface area contributed by atoms with Crippen molar-refractivity contribution in [3.05, 3.63) is 101 Å².